The van der Waals surface area contributed by atoms with Gasteiger partial charge in [0.05, 0.1) is 24.0 Å². The summed E-state index contributed by atoms with van der Waals surface area (Å²) in [4.78, 5) is 0.124. The molecule has 1 N–H and O–H groups in total. The van der Waals surface area contributed by atoms with Crippen molar-refractivity contribution in [3.05, 3.63) is 47.5 Å². The van der Waals surface area contributed by atoms with Crippen molar-refractivity contribution < 1.29 is 23.1 Å². The van der Waals surface area contributed by atoms with Crippen LogP contribution in [0.5, 0.6) is 11.5 Å². The van der Waals surface area contributed by atoms with Crippen LogP contribution >= 0.6 is 0 Å². The van der Waals surface area contributed by atoms with Gasteiger partial charge in [0.15, 0.2) is 11.5 Å². The van der Waals surface area contributed by atoms with Gasteiger partial charge in [0.1, 0.15) is 5.71 Å². The third-order valence-electron chi connectivity index (χ3n) is 3.56. The monoisotopic (exact) mass is 319 g/mol. The van der Waals surface area contributed by atoms with E-state index in [0.29, 0.717) is 17.1 Å². The third kappa shape index (κ3) is 1.86. The molecule has 6 nitrogen and oxygen atoms in total. The van der Waals surface area contributed by atoms with Crippen LogP contribution in [0.15, 0.2) is 51.3 Å². The fourth-order valence-electron chi connectivity index (χ4n) is 2.54. The molecule has 0 aromatic heterocycles. The number of sulfone groups is 1. The average molecular weight is 319 g/mol. The standard InChI is InChI=1S/C15H13NO5S/c1-20-11-7-10-14(8-12(11)21-2)22(18,19)13-6-4-3-5-9(13)15(10)16-17/h3-8,17H,1-2H3/b16-15-. The van der Waals surface area contributed by atoms with Crippen LogP contribution in [-0.4, -0.2) is 33.6 Å². The SMILES string of the molecule is COc1cc2c(cc1OC)S(=O)(=O)c1ccccc1/C2=N/O. The molecule has 0 aliphatic carbocycles. The van der Waals surface area contributed by atoms with Crippen molar-refractivity contribution in [2.24, 2.45) is 5.16 Å². The molecule has 2 aromatic carbocycles. The third-order valence-corrected chi connectivity index (χ3v) is 5.41. The van der Waals surface area contributed by atoms with E-state index in [2.05, 4.69) is 5.16 Å². The smallest absolute Gasteiger partial charge is 0.208 e. The zero-order chi connectivity index (χ0) is 15.9. The van der Waals surface area contributed by atoms with Crippen LogP contribution in [0.25, 0.3) is 0 Å². The molecule has 7 heteroatoms. The van der Waals surface area contributed by atoms with E-state index in [1.54, 1.807) is 18.2 Å². The highest BCUT2D eigenvalue weighted by molar-refractivity contribution is 7.91. The second kappa shape index (κ2) is 5.03. The van der Waals surface area contributed by atoms with Crippen LogP contribution in [0, 0.1) is 0 Å². The number of hydrogen-bond acceptors (Lipinski definition) is 6. The first kappa shape index (κ1) is 14.4. The van der Waals surface area contributed by atoms with E-state index in [0.717, 1.165) is 0 Å². The fraction of sp³-hybridized carbons (Fsp3) is 0.133. The van der Waals surface area contributed by atoms with Gasteiger partial charge in [0.2, 0.25) is 9.84 Å². The quantitative estimate of drug-likeness (QED) is 0.577. The summed E-state index contributed by atoms with van der Waals surface area (Å²) in [6.45, 7) is 0. The molecule has 114 valence electrons. The molecule has 1 heterocycles. The molecule has 22 heavy (non-hydrogen) atoms. The molecular formula is C15H13NO5S. The normalized spacial score (nSPS) is 16.7. The van der Waals surface area contributed by atoms with Crippen molar-refractivity contribution in [2.45, 2.75) is 9.79 Å². The Hall–Kier alpha value is -2.54. The summed E-state index contributed by atoms with van der Waals surface area (Å²) in [7, 11) is -0.854. The van der Waals surface area contributed by atoms with Gasteiger partial charge in [-0.3, -0.25) is 0 Å². The van der Waals surface area contributed by atoms with Crippen LogP contribution in [0.4, 0.5) is 0 Å². The van der Waals surface area contributed by atoms with Crippen molar-refractivity contribution in [2.75, 3.05) is 14.2 Å². The Morgan fingerprint density at radius 3 is 2.23 bits per heavy atom. The minimum atomic E-state index is -3.73. The first-order chi connectivity index (χ1) is 10.5. The Bertz CT molecular complexity index is 887. The summed E-state index contributed by atoms with van der Waals surface area (Å²) in [5, 5.41) is 12.6. The molecule has 0 saturated heterocycles. The van der Waals surface area contributed by atoms with E-state index in [4.69, 9.17) is 9.47 Å². The van der Waals surface area contributed by atoms with E-state index in [-0.39, 0.29) is 21.1 Å². The Morgan fingerprint density at radius 1 is 0.955 bits per heavy atom. The van der Waals surface area contributed by atoms with Gasteiger partial charge in [-0.1, -0.05) is 23.4 Å². The highest BCUT2D eigenvalue weighted by atomic mass is 32.2. The number of benzene rings is 2. The summed E-state index contributed by atoms with van der Waals surface area (Å²) in [6, 6.07) is 9.26. The van der Waals surface area contributed by atoms with Crippen LogP contribution in [-0.2, 0) is 9.84 Å². The number of methoxy groups -OCH3 is 2. The topological polar surface area (TPSA) is 85.2 Å². The van der Waals surface area contributed by atoms with Gasteiger partial charge in [0.25, 0.3) is 0 Å². The molecule has 0 amide bonds. The van der Waals surface area contributed by atoms with Crippen molar-refractivity contribution in [1.82, 2.24) is 0 Å². The van der Waals surface area contributed by atoms with Gasteiger partial charge < -0.3 is 14.7 Å². The molecule has 0 saturated carbocycles. The maximum Gasteiger partial charge on any atom is 0.208 e. The van der Waals surface area contributed by atoms with Gasteiger partial charge in [-0.15, -0.1) is 0 Å². The summed E-state index contributed by atoms with van der Waals surface area (Å²) in [6.07, 6.45) is 0. The van der Waals surface area contributed by atoms with E-state index < -0.39 is 9.84 Å². The highest BCUT2D eigenvalue weighted by Crippen LogP contribution is 2.40. The molecule has 3 rings (SSSR count). The van der Waals surface area contributed by atoms with E-state index in [1.165, 1.54) is 32.4 Å². The molecule has 0 radical (unpaired) electrons. The molecule has 2 aromatic rings. The molecule has 1 aliphatic rings. The lowest BCUT2D eigenvalue weighted by atomic mass is 10.0. The summed E-state index contributed by atoms with van der Waals surface area (Å²) < 4.78 is 35.9. The van der Waals surface area contributed by atoms with Gasteiger partial charge in [-0.2, -0.15) is 0 Å². The second-order valence-electron chi connectivity index (χ2n) is 4.65. The first-order valence-electron chi connectivity index (χ1n) is 6.37. The Morgan fingerprint density at radius 2 is 1.59 bits per heavy atom. The van der Waals surface area contributed by atoms with Crippen LogP contribution in [0.2, 0.25) is 0 Å². The number of oxime groups is 1. The van der Waals surface area contributed by atoms with Crippen LogP contribution < -0.4 is 9.47 Å². The average Bonchev–Trinajstić information content (AvgIpc) is 2.54. The minimum Gasteiger partial charge on any atom is -0.493 e. The zero-order valence-electron chi connectivity index (χ0n) is 11.9. The molecule has 0 bridgehead atoms. The van der Waals surface area contributed by atoms with Gasteiger partial charge in [-0.05, 0) is 12.1 Å². The number of ether oxygens (including phenoxy) is 2. The van der Waals surface area contributed by atoms with Gasteiger partial charge in [0, 0.05) is 17.2 Å². The summed E-state index contributed by atoms with van der Waals surface area (Å²) in [5.74, 6) is 0.651. The number of hydrogen-bond donors (Lipinski definition) is 1. The van der Waals surface area contributed by atoms with Crippen molar-refractivity contribution >= 4 is 15.5 Å². The van der Waals surface area contributed by atoms with Crippen LogP contribution in [0.3, 0.4) is 0 Å². The van der Waals surface area contributed by atoms with E-state index in [9.17, 15) is 13.6 Å². The predicted molar refractivity (Wildman–Crippen MR) is 78.9 cm³/mol. The maximum atomic E-state index is 12.8. The summed E-state index contributed by atoms with van der Waals surface area (Å²) >= 11 is 0. The lowest BCUT2D eigenvalue weighted by Gasteiger charge is -2.22. The van der Waals surface area contributed by atoms with E-state index in [1.807, 2.05) is 0 Å². The number of fused-ring (bicyclic) bond motifs is 2. The zero-order valence-corrected chi connectivity index (χ0v) is 12.7. The van der Waals surface area contributed by atoms with Gasteiger partial charge >= 0.3 is 0 Å². The lowest BCUT2D eigenvalue weighted by molar-refractivity contribution is 0.319. The molecule has 0 spiro atoms. The molecular weight excluding hydrogens is 306 g/mol. The Balaban J connectivity index is 2.43. The predicted octanol–water partition coefficient (Wildman–Crippen LogP) is 2.08. The molecule has 0 unspecified atom stereocenters. The molecule has 0 fully saturated rings. The molecule has 0 atom stereocenters. The van der Waals surface area contributed by atoms with Crippen LogP contribution in [0.1, 0.15) is 11.1 Å². The molecule has 1 aliphatic heterocycles. The van der Waals surface area contributed by atoms with Gasteiger partial charge in [-0.25, -0.2) is 8.42 Å². The maximum absolute atomic E-state index is 12.8. The lowest BCUT2D eigenvalue weighted by Crippen LogP contribution is -2.21. The largest absolute Gasteiger partial charge is 0.493 e. The highest BCUT2D eigenvalue weighted by Gasteiger charge is 2.35. The van der Waals surface area contributed by atoms with Crippen molar-refractivity contribution in [3.63, 3.8) is 0 Å². The summed E-state index contributed by atoms with van der Waals surface area (Å²) in [5.41, 5.74) is 0.810. The number of rotatable bonds is 2. The Kier molecular flexibility index (Phi) is 3.29. The minimum absolute atomic E-state index is 0.0247. The van der Waals surface area contributed by atoms with Crippen molar-refractivity contribution in [3.8, 4) is 11.5 Å². The first-order valence-corrected chi connectivity index (χ1v) is 7.86. The Labute approximate surface area is 127 Å². The number of nitrogens with zero attached hydrogens (tertiary/aromatic N) is 1. The van der Waals surface area contributed by atoms with Crippen molar-refractivity contribution in [1.29, 1.82) is 0 Å². The fourth-order valence-corrected chi connectivity index (χ4v) is 4.19. The van der Waals surface area contributed by atoms with E-state index >= 15 is 0 Å². The second-order valence-corrected chi connectivity index (χ2v) is 6.54.